The number of ether oxygens (including phenoxy) is 1. The van der Waals surface area contributed by atoms with Crippen molar-refractivity contribution in [1.29, 1.82) is 0 Å². The number of benzene rings is 1. The summed E-state index contributed by atoms with van der Waals surface area (Å²) >= 11 is 1.73. The van der Waals surface area contributed by atoms with E-state index in [9.17, 15) is 4.79 Å². The SMILES string of the molecule is CNCC1CCN(C(=O)CCSc2ccc(OC)cc2)CC1. The van der Waals surface area contributed by atoms with Crippen LogP contribution in [0.2, 0.25) is 0 Å². The second-order valence-corrected chi connectivity index (χ2v) is 6.82. The van der Waals surface area contributed by atoms with E-state index in [0.29, 0.717) is 12.3 Å². The summed E-state index contributed by atoms with van der Waals surface area (Å²) in [6.45, 7) is 2.89. The van der Waals surface area contributed by atoms with Crippen LogP contribution in [0.4, 0.5) is 0 Å². The average molecular weight is 322 g/mol. The van der Waals surface area contributed by atoms with E-state index in [4.69, 9.17) is 4.74 Å². The molecule has 1 N–H and O–H groups in total. The minimum absolute atomic E-state index is 0.295. The molecule has 1 aromatic rings. The van der Waals surface area contributed by atoms with Crippen molar-refractivity contribution in [1.82, 2.24) is 10.2 Å². The summed E-state index contributed by atoms with van der Waals surface area (Å²) in [7, 11) is 3.66. The molecule has 0 aromatic heterocycles. The maximum Gasteiger partial charge on any atom is 0.223 e. The molecule has 1 aliphatic heterocycles. The predicted molar refractivity (Wildman–Crippen MR) is 91.6 cm³/mol. The molecule has 0 bridgehead atoms. The van der Waals surface area contributed by atoms with Gasteiger partial charge in [-0.05, 0) is 56.6 Å². The summed E-state index contributed by atoms with van der Waals surface area (Å²) in [5, 5.41) is 3.23. The molecule has 1 amide bonds. The average Bonchev–Trinajstić information content (AvgIpc) is 2.56. The number of amides is 1. The summed E-state index contributed by atoms with van der Waals surface area (Å²) in [5.74, 6) is 2.72. The molecule has 1 aromatic carbocycles. The third kappa shape index (κ3) is 5.21. The first-order chi connectivity index (χ1) is 10.7. The van der Waals surface area contributed by atoms with E-state index in [-0.39, 0.29) is 0 Å². The molecule has 0 aliphatic carbocycles. The number of carbonyl (C=O) groups is 1. The molecular weight excluding hydrogens is 296 g/mol. The molecule has 4 nitrogen and oxygen atoms in total. The van der Waals surface area contributed by atoms with Gasteiger partial charge < -0.3 is 15.0 Å². The van der Waals surface area contributed by atoms with Crippen LogP contribution in [0.1, 0.15) is 19.3 Å². The second kappa shape index (κ2) is 9.06. The molecular formula is C17H26N2O2S. The first kappa shape index (κ1) is 17.2. The standard InChI is InChI=1S/C17H26N2O2S/c1-18-13-14-7-10-19(11-8-14)17(20)9-12-22-16-5-3-15(21-2)4-6-16/h3-6,14,18H,7-13H2,1-2H3. The van der Waals surface area contributed by atoms with Crippen LogP contribution in [0.3, 0.4) is 0 Å². The number of thioether (sulfide) groups is 1. The zero-order valence-electron chi connectivity index (χ0n) is 13.5. The number of rotatable bonds is 7. The van der Waals surface area contributed by atoms with Crippen LogP contribution >= 0.6 is 11.8 Å². The normalized spacial score (nSPS) is 15.8. The van der Waals surface area contributed by atoms with Crippen molar-refractivity contribution in [3.05, 3.63) is 24.3 Å². The van der Waals surface area contributed by atoms with E-state index in [1.54, 1.807) is 18.9 Å². The van der Waals surface area contributed by atoms with Gasteiger partial charge in [-0.2, -0.15) is 0 Å². The minimum Gasteiger partial charge on any atom is -0.497 e. The Balaban J connectivity index is 1.67. The third-order valence-corrected chi connectivity index (χ3v) is 5.12. The molecule has 0 atom stereocenters. The number of nitrogens with zero attached hydrogens (tertiary/aromatic N) is 1. The van der Waals surface area contributed by atoms with E-state index in [1.807, 2.05) is 36.2 Å². The highest BCUT2D eigenvalue weighted by Crippen LogP contribution is 2.23. The van der Waals surface area contributed by atoms with Gasteiger partial charge in [0.1, 0.15) is 5.75 Å². The smallest absolute Gasteiger partial charge is 0.223 e. The molecule has 0 unspecified atom stereocenters. The van der Waals surface area contributed by atoms with Gasteiger partial charge in [0.2, 0.25) is 5.91 Å². The number of nitrogens with one attached hydrogen (secondary N) is 1. The van der Waals surface area contributed by atoms with Gasteiger partial charge in [0.15, 0.2) is 0 Å². The van der Waals surface area contributed by atoms with Crippen LogP contribution in [0.25, 0.3) is 0 Å². The van der Waals surface area contributed by atoms with Crippen LogP contribution < -0.4 is 10.1 Å². The molecule has 1 fully saturated rings. The van der Waals surface area contributed by atoms with E-state index in [2.05, 4.69) is 5.32 Å². The first-order valence-electron chi connectivity index (χ1n) is 7.92. The van der Waals surface area contributed by atoms with E-state index >= 15 is 0 Å². The number of piperidine rings is 1. The van der Waals surface area contributed by atoms with Crippen molar-refractivity contribution in [2.45, 2.75) is 24.2 Å². The number of hydrogen-bond donors (Lipinski definition) is 1. The van der Waals surface area contributed by atoms with Crippen molar-refractivity contribution in [3.63, 3.8) is 0 Å². The van der Waals surface area contributed by atoms with Crippen LogP contribution in [-0.4, -0.2) is 50.4 Å². The lowest BCUT2D eigenvalue weighted by atomic mass is 9.97. The quantitative estimate of drug-likeness (QED) is 0.784. The van der Waals surface area contributed by atoms with Crippen molar-refractivity contribution >= 4 is 17.7 Å². The fourth-order valence-corrected chi connectivity index (χ4v) is 3.60. The molecule has 1 saturated heterocycles. The Morgan fingerprint density at radius 1 is 1.32 bits per heavy atom. The predicted octanol–water partition coefficient (Wildman–Crippen LogP) is 2.64. The lowest BCUT2D eigenvalue weighted by Crippen LogP contribution is -2.40. The highest BCUT2D eigenvalue weighted by atomic mass is 32.2. The van der Waals surface area contributed by atoms with Gasteiger partial charge in [-0.25, -0.2) is 0 Å². The Bertz CT molecular complexity index is 456. The molecule has 0 radical (unpaired) electrons. The molecule has 0 spiro atoms. The lowest BCUT2D eigenvalue weighted by Gasteiger charge is -2.32. The lowest BCUT2D eigenvalue weighted by molar-refractivity contribution is -0.132. The Hall–Kier alpha value is -1.20. The van der Waals surface area contributed by atoms with Gasteiger partial charge in [-0.1, -0.05) is 0 Å². The zero-order valence-corrected chi connectivity index (χ0v) is 14.3. The summed E-state index contributed by atoms with van der Waals surface area (Å²) in [6.07, 6.45) is 2.86. The van der Waals surface area contributed by atoms with Crippen molar-refractivity contribution in [3.8, 4) is 5.75 Å². The Labute approximate surface area is 137 Å². The summed E-state index contributed by atoms with van der Waals surface area (Å²) in [4.78, 5) is 15.4. The van der Waals surface area contributed by atoms with Crippen LogP contribution in [0.15, 0.2) is 29.2 Å². The molecule has 1 aliphatic rings. The first-order valence-corrected chi connectivity index (χ1v) is 8.90. The van der Waals surface area contributed by atoms with Crippen molar-refractivity contribution < 1.29 is 9.53 Å². The van der Waals surface area contributed by atoms with Crippen LogP contribution in [-0.2, 0) is 4.79 Å². The molecule has 2 rings (SSSR count). The van der Waals surface area contributed by atoms with Gasteiger partial charge in [-0.15, -0.1) is 11.8 Å². The van der Waals surface area contributed by atoms with E-state index in [1.165, 1.54) is 4.90 Å². The second-order valence-electron chi connectivity index (χ2n) is 5.66. The van der Waals surface area contributed by atoms with Crippen molar-refractivity contribution in [2.24, 2.45) is 5.92 Å². The summed E-state index contributed by atoms with van der Waals surface area (Å²) in [6, 6.07) is 7.99. The number of likely N-dealkylation sites (tertiary alicyclic amines) is 1. The van der Waals surface area contributed by atoms with E-state index < -0.39 is 0 Å². The van der Waals surface area contributed by atoms with Crippen LogP contribution in [0.5, 0.6) is 5.75 Å². The number of hydrogen-bond acceptors (Lipinski definition) is 4. The zero-order chi connectivity index (χ0) is 15.8. The summed E-state index contributed by atoms with van der Waals surface area (Å²) in [5.41, 5.74) is 0. The van der Waals surface area contributed by atoms with Crippen LogP contribution in [0, 0.1) is 5.92 Å². The van der Waals surface area contributed by atoms with E-state index in [0.717, 1.165) is 49.9 Å². The minimum atomic E-state index is 0.295. The summed E-state index contributed by atoms with van der Waals surface area (Å²) < 4.78 is 5.14. The monoisotopic (exact) mass is 322 g/mol. The highest BCUT2D eigenvalue weighted by Gasteiger charge is 2.21. The number of carbonyl (C=O) groups excluding carboxylic acids is 1. The number of methoxy groups -OCH3 is 1. The van der Waals surface area contributed by atoms with Crippen molar-refractivity contribution in [2.75, 3.05) is 39.5 Å². The fourth-order valence-electron chi connectivity index (χ4n) is 2.76. The Morgan fingerprint density at radius 3 is 2.59 bits per heavy atom. The molecule has 22 heavy (non-hydrogen) atoms. The highest BCUT2D eigenvalue weighted by molar-refractivity contribution is 7.99. The van der Waals surface area contributed by atoms with Gasteiger partial charge in [-0.3, -0.25) is 4.79 Å². The fraction of sp³-hybridized carbons (Fsp3) is 0.588. The maximum absolute atomic E-state index is 12.2. The van der Waals surface area contributed by atoms with Gasteiger partial charge in [0.25, 0.3) is 0 Å². The topological polar surface area (TPSA) is 41.6 Å². The molecule has 0 saturated carbocycles. The Morgan fingerprint density at radius 2 is 2.00 bits per heavy atom. The van der Waals surface area contributed by atoms with Gasteiger partial charge >= 0.3 is 0 Å². The Kier molecular flexibility index (Phi) is 7.06. The third-order valence-electron chi connectivity index (χ3n) is 4.10. The van der Waals surface area contributed by atoms with Gasteiger partial charge in [0.05, 0.1) is 7.11 Å². The molecule has 1 heterocycles. The molecule has 5 heteroatoms. The maximum atomic E-state index is 12.2. The molecule has 122 valence electrons. The largest absolute Gasteiger partial charge is 0.497 e. The van der Waals surface area contributed by atoms with Gasteiger partial charge in [0, 0.05) is 30.2 Å².